The number of benzene rings is 3. The van der Waals surface area contributed by atoms with Crippen LogP contribution in [0.3, 0.4) is 0 Å². The number of rotatable bonds is 3. The molecule has 0 radical (unpaired) electrons. The predicted octanol–water partition coefficient (Wildman–Crippen LogP) is 4.84. The third-order valence-corrected chi connectivity index (χ3v) is 6.49. The van der Waals surface area contributed by atoms with Gasteiger partial charge in [0.2, 0.25) is 5.36 Å². The van der Waals surface area contributed by atoms with Crippen LogP contribution < -0.4 is 19.7 Å². The highest BCUT2D eigenvalue weighted by atomic mass is 32.1. The van der Waals surface area contributed by atoms with E-state index >= 15 is 0 Å². The van der Waals surface area contributed by atoms with Crippen LogP contribution in [-0.2, 0) is 0 Å². The molecule has 1 aliphatic heterocycles. The molecular weight excluding hydrogens is 374 g/mol. The molecule has 1 heterocycles. The topological polar surface area (TPSA) is 9.49 Å². The van der Waals surface area contributed by atoms with Gasteiger partial charge in [0.25, 0.3) is 0 Å². The van der Waals surface area contributed by atoms with E-state index in [9.17, 15) is 0 Å². The summed E-state index contributed by atoms with van der Waals surface area (Å²) < 4.78 is 3.48. The van der Waals surface area contributed by atoms with Crippen molar-refractivity contribution in [2.24, 2.45) is 0 Å². The van der Waals surface area contributed by atoms with E-state index in [1.807, 2.05) is 11.3 Å². The van der Waals surface area contributed by atoms with Crippen LogP contribution in [-0.4, -0.2) is 42.3 Å². The maximum atomic E-state index is 2.31. The zero-order chi connectivity index (χ0) is 20.7. The largest absolute Gasteiger partial charge is 0.378 e. The summed E-state index contributed by atoms with van der Waals surface area (Å²) in [6.07, 6.45) is 0. The molecule has 0 spiro atoms. The van der Waals surface area contributed by atoms with Crippen molar-refractivity contribution < 1.29 is 0 Å². The third kappa shape index (κ3) is 3.60. The van der Waals surface area contributed by atoms with Gasteiger partial charge in [-0.1, -0.05) is 18.2 Å². The summed E-state index contributed by atoms with van der Waals surface area (Å²) in [5, 5.41) is 2.53. The predicted molar refractivity (Wildman–Crippen MR) is 130 cm³/mol. The average Bonchev–Trinajstić information content (AvgIpc) is 2.71. The Bertz CT molecular complexity index is 1230. The molecule has 4 heteroatoms. The minimum Gasteiger partial charge on any atom is -0.378 e. The van der Waals surface area contributed by atoms with Crippen LogP contribution >= 0.6 is 11.3 Å². The van der Waals surface area contributed by atoms with Gasteiger partial charge in [-0.2, -0.15) is 0 Å². The molecule has 0 fully saturated rings. The van der Waals surface area contributed by atoms with Crippen molar-refractivity contribution >= 4 is 32.8 Å². The zero-order valence-corrected chi connectivity index (χ0v) is 18.8. The fraction of sp³-hybridized carbons (Fsp3) is 0.240. The molecule has 3 nitrogen and oxygen atoms in total. The molecule has 2 aromatic carbocycles. The lowest BCUT2D eigenvalue weighted by atomic mass is 9.94. The van der Waals surface area contributed by atoms with E-state index in [0.29, 0.717) is 0 Å². The van der Waals surface area contributed by atoms with Gasteiger partial charge in [-0.05, 0) is 41.5 Å². The monoisotopic (exact) mass is 402 g/mol. The molecule has 29 heavy (non-hydrogen) atoms. The van der Waals surface area contributed by atoms with Crippen molar-refractivity contribution in [1.29, 1.82) is 0 Å². The SMILES string of the molecule is CN(C)c1cccc(-c2c3ccc(=[N+](C)C)cc-3sc3cc(N(C)C)ccc23)c1. The van der Waals surface area contributed by atoms with Crippen molar-refractivity contribution in [3.8, 4) is 21.6 Å². The van der Waals surface area contributed by atoms with Gasteiger partial charge in [-0.15, -0.1) is 11.3 Å². The molecule has 148 valence electrons. The van der Waals surface area contributed by atoms with E-state index in [-0.39, 0.29) is 0 Å². The smallest absolute Gasteiger partial charge is 0.200 e. The summed E-state index contributed by atoms with van der Waals surface area (Å²) in [4.78, 5) is 5.64. The van der Waals surface area contributed by atoms with Gasteiger partial charge >= 0.3 is 0 Å². The van der Waals surface area contributed by atoms with Crippen LogP contribution in [0, 0.1) is 0 Å². The van der Waals surface area contributed by atoms with Crippen molar-refractivity contribution in [3.05, 3.63) is 66.0 Å². The summed E-state index contributed by atoms with van der Waals surface area (Å²) in [6.45, 7) is 0. The van der Waals surface area contributed by atoms with Gasteiger partial charge in [0, 0.05) is 72.2 Å². The van der Waals surface area contributed by atoms with Crippen LogP contribution in [0.1, 0.15) is 0 Å². The fourth-order valence-electron chi connectivity index (χ4n) is 3.67. The Morgan fingerprint density at radius 3 is 2.17 bits per heavy atom. The molecular formula is C25H28N3S+. The average molecular weight is 403 g/mol. The first-order chi connectivity index (χ1) is 13.8. The minimum atomic E-state index is 1.21. The Labute approximate surface area is 177 Å². The minimum absolute atomic E-state index is 1.21. The van der Waals surface area contributed by atoms with Crippen LogP contribution in [0.25, 0.3) is 31.7 Å². The normalized spacial score (nSPS) is 11.1. The first kappa shape index (κ1) is 19.5. The summed E-state index contributed by atoms with van der Waals surface area (Å²) in [6, 6.07) is 22.4. The Morgan fingerprint density at radius 1 is 0.759 bits per heavy atom. The number of hydrogen-bond donors (Lipinski definition) is 0. The maximum Gasteiger partial charge on any atom is 0.200 e. The summed E-state index contributed by atoms with van der Waals surface area (Å²) in [5.74, 6) is 0. The summed E-state index contributed by atoms with van der Waals surface area (Å²) in [7, 11) is 12.6. The van der Waals surface area contributed by atoms with Crippen molar-refractivity contribution in [1.82, 2.24) is 4.58 Å². The van der Waals surface area contributed by atoms with E-state index < -0.39 is 0 Å². The van der Waals surface area contributed by atoms with Crippen molar-refractivity contribution in [3.63, 3.8) is 0 Å². The molecule has 0 amide bonds. The van der Waals surface area contributed by atoms with Crippen LogP contribution in [0.15, 0.2) is 60.7 Å². The van der Waals surface area contributed by atoms with Crippen molar-refractivity contribution in [2.45, 2.75) is 0 Å². The van der Waals surface area contributed by atoms with Crippen LogP contribution in [0.4, 0.5) is 11.4 Å². The molecule has 4 rings (SSSR count). The standard InChI is InChI=1S/C25H28N3S/c1-26(2)18-9-7-8-17(14-18)25-21-12-10-19(27(3)4)15-23(21)29-24-16-20(28(5)6)11-13-22(24)25/h7-16H,1-6H3/q+1. The summed E-state index contributed by atoms with van der Waals surface area (Å²) in [5.41, 5.74) is 6.32. The van der Waals surface area contributed by atoms with Gasteiger partial charge < -0.3 is 9.80 Å². The first-order valence-electron chi connectivity index (χ1n) is 9.81. The van der Waals surface area contributed by atoms with E-state index in [1.165, 1.54) is 48.4 Å². The molecule has 0 aromatic heterocycles. The summed E-state index contributed by atoms with van der Waals surface area (Å²) >= 11 is 1.87. The molecule has 0 saturated carbocycles. The highest BCUT2D eigenvalue weighted by molar-refractivity contribution is 7.21. The van der Waals surface area contributed by atoms with E-state index in [0.717, 1.165) is 0 Å². The molecule has 1 aliphatic carbocycles. The molecule has 0 N–H and O–H groups in total. The highest BCUT2D eigenvalue weighted by Gasteiger charge is 2.17. The van der Waals surface area contributed by atoms with Crippen LogP contribution in [0.5, 0.6) is 0 Å². The lowest BCUT2D eigenvalue weighted by Gasteiger charge is -2.19. The second-order valence-electron chi connectivity index (χ2n) is 8.07. The van der Waals surface area contributed by atoms with Gasteiger partial charge in [0.1, 0.15) is 14.1 Å². The molecule has 0 atom stereocenters. The maximum absolute atomic E-state index is 2.31. The Kier molecular flexibility index (Phi) is 5.05. The fourth-order valence-corrected chi connectivity index (χ4v) is 4.83. The molecule has 0 saturated heterocycles. The Hall–Kier alpha value is -2.85. The van der Waals surface area contributed by atoms with Gasteiger partial charge in [-0.3, -0.25) is 0 Å². The lowest BCUT2D eigenvalue weighted by Crippen LogP contribution is -2.21. The second-order valence-corrected chi connectivity index (χ2v) is 9.16. The Balaban J connectivity index is 2.12. The molecule has 2 aromatic rings. The highest BCUT2D eigenvalue weighted by Crippen LogP contribution is 2.44. The number of nitrogens with zero attached hydrogens (tertiary/aromatic N) is 3. The van der Waals surface area contributed by atoms with Crippen LogP contribution in [0.2, 0.25) is 0 Å². The zero-order valence-electron chi connectivity index (χ0n) is 18.0. The quantitative estimate of drug-likeness (QED) is 0.358. The Morgan fingerprint density at radius 2 is 1.48 bits per heavy atom. The molecule has 0 unspecified atom stereocenters. The molecule has 2 aliphatic rings. The molecule has 0 bridgehead atoms. The number of hydrogen-bond acceptors (Lipinski definition) is 3. The van der Waals surface area contributed by atoms with Gasteiger partial charge in [-0.25, -0.2) is 4.58 Å². The third-order valence-electron chi connectivity index (χ3n) is 5.37. The van der Waals surface area contributed by atoms with E-state index in [4.69, 9.17) is 0 Å². The lowest BCUT2D eigenvalue weighted by molar-refractivity contribution is 0.814. The first-order valence-corrected chi connectivity index (χ1v) is 10.6. The van der Waals surface area contributed by atoms with Crippen molar-refractivity contribution in [2.75, 3.05) is 52.1 Å². The second kappa shape index (κ2) is 7.53. The van der Waals surface area contributed by atoms with Gasteiger partial charge in [0.05, 0.1) is 0 Å². The van der Waals surface area contributed by atoms with E-state index in [1.54, 1.807) is 0 Å². The van der Waals surface area contributed by atoms with E-state index in [2.05, 4.69) is 117 Å². The van der Waals surface area contributed by atoms with Gasteiger partial charge in [0.15, 0.2) is 0 Å². The number of fused-ring (bicyclic) bond motifs is 2. The number of anilines is 2.